The highest BCUT2D eigenvalue weighted by Crippen LogP contribution is 2.22. The number of rotatable bonds is 4. The lowest BCUT2D eigenvalue weighted by molar-refractivity contribution is -0.111. The minimum Gasteiger partial charge on any atom is -0.377 e. The Balaban J connectivity index is 1.81. The van der Waals surface area contributed by atoms with Crippen LogP contribution < -0.4 is 10.2 Å². The van der Waals surface area contributed by atoms with Crippen molar-refractivity contribution in [1.29, 1.82) is 0 Å². The van der Waals surface area contributed by atoms with Gasteiger partial charge >= 0.3 is 0 Å². The van der Waals surface area contributed by atoms with Crippen LogP contribution in [-0.2, 0) is 4.79 Å². The van der Waals surface area contributed by atoms with Crippen LogP contribution in [0, 0.1) is 0 Å². The predicted molar refractivity (Wildman–Crippen MR) is 100 cm³/mol. The number of amides is 1. The lowest BCUT2D eigenvalue weighted by Gasteiger charge is -2.15. The van der Waals surface area contributed by atoms with Crippen molar-refractivity contribution in [3.63, 3.8) is 0 Å². The molecule has 0 unspecified atom stereocenters. The van der Waals surface area contributed by atoms with Crippen LogP contribution in [0.2, 0.25) is 0 Å². The zero-order valence-electron chi connectivity index (χ0n) is 13.7. The number of nitrogens with one attached hydrogen (secondary N) is 1. The molecule has 1 amide bonds. The molecular weight excluding hydrogens is 298 g/mol. The van der Waals surface area contributed by atoms with Crippen molar-refractivity contribution >= 4 is 34.3 Å². The number of nitrogens with zero attached hydrogens (tertiary/aromatic N) is 2. The van der Waals surface area contributed by atoms with Gasteiger partial charge in [-0.3, -0.25) is 9.78 Å². The molecule has 0 spiro atoms. The Morgan fingerprint density at radius 2 is 1.79 bits per heavy atom. The highest BCUT2D eigenvalue weighted by Gasteiger charge is 2.05. The van der Waals surface area contributed by atoms with Gasteiger partial charge in [-0.15, -0.1) is 0 Å². The standard InChI is InChI=1S/C20H19N3O/c1-23(2)19-10-6-3-7-15(19)11-12-20(24)22-18-13-14-21-17-9-5-4-8-16(17)18/h3-14H,1-2H3,(H,21,22,24). The molecule has 4 heteroatoms. The summed E-state index contributed by atoms with van der Waals surface area (Å²) in [4.78, 5) is 18.6. The van der Waals surface area contributed by atoms with Crippen LogP contribution in [0.3, 0.4) is 0 Å². The van der Waals surface area contributed by atoms with Gasteiger partial charge in [0.15, 0.2) is 0 Å². The van der Waals surface area contributed by atoms with E-state index >= 15 is 0 Å². The highest BCUT2D eigenvalue weighted by molar-refractivity contribution is 6.07. The second-order valence-electron chi connectivity index (χ2n) is 5.65. The minimum absolute atomic E-state index is 0.167. The summed E-state index contributed by atoms with van der Waals surface area (Å²) >= 11 is 0. The lowest BCUT2D eigenvalue weighted by Crippen LogP contribution is -2.10. The molecule has 1 heterocycles. The number of hydrogen-bond donors (Lipinski definition) is 1. The van der Waals surface area contributed by atoms with Gasteiger partial charge in [-0.2, -0.15) is 0 Å². The van der Waals surface area contributed by atoms with Crippen molar-refractivity contribution in [2.24, 2.45) is 0 Å². The molecule has 0 saturated heterocycles. The monoisotopic (exact) mass is 317 g/mol. The molecule has 1 aromatic heterocycles. The number of carbonyl (C=O) groups excluding carboxylic acids is 1. The molecule has 0 aliphatic rings. The summed E-state index contributed by atoms with van der Waals surface area (Å²) in [6.07, 6.45) is 5.08. The summed E-state index contributed by atoms with van der Waals surface area (Å²) < 4.78 is 0. The van der Waals surface area contributed by atoms with E-state index in [1.165, 1.54) is 0 Å². The van der Waals surface area contributed by atoms with Crippen molar-refractivity contribution < 1.29 is 4.79 Å². The van der Waals surface area contributed by atoms with Crippen LogP contribution in [0.5, 0.6) is 0 Å². The average Bonchev–Trinajstić information content (AvgIpc) is 2.60. The van der Waals surface area contributed by atoms with E-state index in [0.29, 0.717) is 0 Å². The van der Waals surface area contributed by atoms with E-state index in [1.54, 1.807) is 12.3 Å². The summed E-state index contributed by atoms with van der Waals surface area (Å²) in [5.74, 6) is -0.167. The summed E-state index contributed by atoms with van der Waals surface area (Å²) in [6.45, 7) is 0. The normalized spacial score (nSPS) is 10.9. The van der Waals surface area contributed by atoms with Gasteiger partial charge in [0.2, 0.25) is 5.91 Å². The Kier molecular flexibility index (Phi) is 4.57. The summed E-state index contributed by atoms with van der Waals surface area (Å²) in [5.41, 5.74) is 3.68. The first kappa shape index (κ1) is 15.7. The van der Waals surface area contributed by atoms with Crippen LogP contribution in [0.15, 0.2) is 66.9 Å². The molecule has 0 fully saturated rings. The lowest BCUT2D eigenvalue weighted by atomic mass is 10.1. The summed E-state index contributed by atoms with van der Waals surface area (Å²) in [7, 11) is 3.96. The first-order valence-corrected chi connectivity index (χ1v) is 7.74. The predicted octanol–water partition coefficient (Wildman–Crippen LogP) is 3.95. The maximum Gasteiger partial charge on any atom is 0.248 e. The smallest absolute Gasteiger partial charge is 0.248 e. The van der Waals surface area contributed by atoms with Crippen molar-refractivity contribution in [2.45, 2.75) is 0 Å². The fourth-order valence-corrected chi connectivity index (χ4v) is 2.58. The van der Waals surface area contributed by atoms with Gasteiger partial charge in [-0.05, 0) is 29.8 Å². The quantitative estimate of drug-likeness (QED) is 0.741. The average molecular weight is 317 g/mol. The maximum atomic E-state index is 12.3. The molecule has 0 atom stereocenters. The second-order valence-corrected chi connectivity index (χ2v) is 5.65. The van der Waals surface area contributed by atoms with Crippen molar-refractivity contribution in [1.82, 2.24) is 4.98 Å². The highest BCUT2D eigenvalue weighted by atomic mass is 16.1. The SMILES string of the molecule is CN(C)c1ccccc1C=CC(=O)Nc1ccnc2ccccc12. The van der Waals surface area contributed by atoms with Gasteiger partial charge in [-0.1, -0.05) is 36.4 Å². The number of aromatic nitrogens is 1. The number of pyridine rings is 1. The molecule has 0 aliphatic heterocycles. The van der Waals surface area contributed by atoms with Gasteiger partial charge in [0, 0.05) is 37.4 Å². The van der Waals surface area contributed by atoms with Crippen LogP contribution in [0.4, 0.5) is 11.4 Å². The van der Waals surface area contributed by atoms with E-state index in [2.05, 4.69) is 10.3 Å². The second kappa shape index (κ2) is 6.96. The fraction of sp³-hybridized carbons (Fsp3) is 0.100. The molecule has 3 rings (SSSR count). The molecule has 1 N–H and O–H groups in total. The van der Waals surface area contributed by atoms with E-state index in [1.807, 2.05) is 79.7 Å². The zero-order chi connectivity index (χ0) is 16.9. The van der Waals surface area contributed by atoms with E-state index in [0.717, 1.165) is 27.8 Å². The van der Waals surface area contributed by atoms with Gasteiger partial charge in [0.1, 0.15) is 0 Å². The molecule has 120 valence electrons. The first-order chi connectivity index (χ1) is 11.6. The van der Waals surface area contributed by atoms with Gasteiger partial charge in [-0.25, -0.2) is 0 Å². The van der Waals surface area contributed by atoms with Crippen LogP contribution >= 0.6 is 0 Å². The topological polar surface area (TPSA) is 45.2 Å². The van der Waals surface area contributed by atoms with Crippen LogP contribution in [0.25, 0.3) is 17.0 Å². The molecule has 24 heavy (non-hydrogen) atoms. The van der Waals surface area contributed by atoms with Crippen molar-refractivity contribution in [3.05, 3.63) is 72.4 Å². The van der Waals surface area contributed by atoms with Crippen molar-refractivity contribution in [2.75, 3.05) is 24.3 Å². The Morgan fingerprint density at radius 1 is 1.04 bits per heavy atom. The Bertz CT molecular complexity index is 895. The third-order valence-corrected chi connectivity index (χ3v) is 3.74. The van der Waals surface area contributed by atoms with E-state index in [-0.39, 0.29) is 5.91 Å². The first-order valence-electron chi connectivity index (χ1n) is 7.74. The Morgan fingerprint density at radius 3 is 2.62 bits per heavy atom. The summed E-state index contributed by atoms with van der Waals surface area (Å²) in [6, 6.07) is 17.5. The van der Waals surface area contributed by atoms with Crippen LogP contribution in [0.1, 0.15) is 5.56 Å². The Hall–Kier alpha value is -3.14. The molecule has 0 bridgehead atoms. The Labute approximate surface area is 141 Å². The third-order valence-electron chi connectivity index (χ3n) is 3.74. The molecular formula is C20H19N3O. The van der Waals surface area contributed by atoms with Gasteiger partial charge in [0.05, 0.1) is 11.2 Å². The van der Waals surface area contributed by atoms with E-state index < -0.39 is 0 Å². The maximum absolute atomic E-state index is 12.3. The fourth-order valence-electron chi connectivity index (χ4n) is 2.58. The molecule has 4 nitrogen and oxygen atoms in total. The van der Waals surface area contributed by atoms with Gasteiger partial charge < -0.3 is 10.2 Å². The van der Waals surface area contributed by atoms with E-state index in [9.17, 15) is 4.79 Å². The molecule has 0 aliphatic carbocycles. The van der Waals surface area contributed by atoms with Gasteiger partial charge in [0.25, 0.3) is 0 Å². The minimum atomic E-state index is -0.167. The number of fused-ring (bicyclic) bond motifs is 1. The molecule has 0 saturated carbocycles. The molecule has 0 radical (unpaired) electrons. The number of benzene rings is 2. The third kappa shape index (κ3) is 3.43. The van der Waals surface area contributed by atoms with E-state index in [4.69, 9.17) is 0 Å². The van der Waals surface area contributed by atoms with Crippen molar-refractivity contribution in [3.8, 4) is 0 Å². The number of hydrogen-bond acceptors (Lipinski definition) is 3. The number of anilines is 2. The van der Waals surface area contributed by atoms with Crippen LogP contribution in [-0.4, -0.2) is 25.0 Å². The largest absolute Gasteiger partial charge is 0.377 e. The number of para-hydroxylation sites is 2. The molecule has 2 aromatic carbocycles. The zero-order valence-corrected chi connectivity index (χ0v) is 13.7. The molecule has 3 aromatic rings. The number of carbonyl (C=O) groups is 1. The summed E-state index contributed by atoms with van der Waals surface area (Å²) in [5, 5.41) is 3.85.